The molecule has 7 nitrogen and oxygen atoms in total. The Labute approximate surface area is 172 Å². The van der Waals surface area contributed by atoms with Crippen LogP contribution in [0.5, 0.6) is 0 Å². The number of fused-ring (bicyclic) bond motifs is 1. The number of carbonyl (C=O) groups is 1. The van der Waals surface area contributed by atoms with E-state index in [0.29, 0.717) is 12.6 Å². The second-order valence-corrected chi connectivity index (χ2v) is 8.21. The first-order valence-corrected chi connectivity index (χ1v) is 10.9. The van der Waals surface area contributed by atoms with Gasteiger partial charge in [-0.2, -0.15) is 0 Å². The van der Waals surface area contributed by atoms with Gasteiger partial charge in [-0.3, -0.25) is 9.78 Å². The van der Waals surface area contributed by atoms with Crippen molar-refractivity contribution in [3.05, 3.63) is 24.2 Å². The molecule has 7 heteroatoms. The van der Waals surface area contributed by atoms with Crippen molar-refractivity contribution in [1.82, 2.24) is 19.4 Å². The van der Waals surface area contributed by atoms with Gasteiger partial charge in [0.15, 0.2) is 5.65 Å². The number of carbonyl (C=O) groups excluding carboxylic acids is 1. The number of ether oxygens (including phenoxy) is 2. The molecule has 2 aliphatic rings. The Morgan fingerprint density at radius 1 is 1.28 bits per heavy atom. The van der Waals surface area contributed by atoms with Gasteiger partial charge in [-0.15, -0.1) is 0 Å². The van der Waals surface area contributed by atoms with Crippen LogP contribution in [0.3, 0.4) is 0 Å². The summed E-state index contributed by atoms with van der Waals surface area (Å²) in [6.07, 6.45) is 12.4. The van der Waals surface area contributed by atoms with Crippen molar-refractivity contribution in [2.24, 2.45) is 0 Å². The summed E-state index contributed by atoms with van der Waals surface area (Å²) < 4.78 is 13.2. The number of nitrogens with zero attached hydrogens (tertiary/aromatic N) is 4. The van der Waals surface area contributed by atoms with E-state index in [9.17, 15) is 4.79 Å². The molecular weight excluding hydrogens is 368 g/mol. The molecule has 4 rings (SSSR count). The molecular formula is C22H32N4O3. The lowest BCUT2D eigenvalue weighted by Crippen LogP contribution is -2.44. The molecule has 2 fully saturated rings. The fraction of sp³-hybridized carbons (Fsp3) is 0.682. The highest BCUT2D eigenvalue weighted by atomic mass is 16.5. The number of rotatable bonds is 9. The van der Waals surface area contributed by atoms with Crippen LogP contribution in [0, 0.1) is 0 Å². The van der Waals surface area contributed by atoms with E-state index in [1.54, 1.807) is 19.5 Å². The largest absolute Gasteiger partial charge is 0.385 e. The summed E-state index contributed by atoms with van der Waals surface area (Å²) in [6.45, 7) is 4.45. The Kier molecular flexibility index (Phi) is 6.45. The third-order valence-corrected chi connectivity index (χ3v) is 6.03. The maximum Gasteiger partial charge on any atom is 0.252 e. The van der Waals surface area contributed by atoms with Crippen LogP contribution in [0.1, 0.15) is 63.5 Å². The molecule has 0 radical (unpaired) electrons. The number of aryl methyl sites for hydroxylation is 1. The quantitative estimate of drug-likeness (QED) is 0.603. The molecule has 0 N–H and O–H groups in total. The van der Waals surface area contributed by atoms with Crippen LogP contribution in [-0.4, -0.2) is 57.8 Å². The van der Waals surface area contributed by atoms with Crippen LogP contribution in [0.4, 0.5) is 0 Å². The molecule has 2 aromatic rings. The third kappa shape index (κ3) is 4.46. The summed E-state index contributed by atoms with van der Waals surface area (Å²) in [7, 11) is 1.73. The van der Waals surface area contributed by atoms with Crippen LogP contribution >= 0.6 is 0 Å². The summed E-state index contributed by atoms with van der Waals surface area (Å²) in [5, 5.41) is 0. The first-order chi connectivity index (χ1) is 14.2. The van der Waals surface area contributed by atoms with Crippen LogP contribution in [0.2, 0.25) is 0 Å². The van der Waals surface area contributed by atoms with Crippen LogP contribution < -0.4 is 0 Å². The lowest BCUT2D eigenvalue weighted by molar-refractivity contribution is -0.149. The van der Waals surface area contributed by atoms with Crippen molar-refractivity contribution in [3.8, 4) is 0 Å². The SMILES string of the molecule is COCCCCn1cc([C@@H](C)N(C(=O)[C@H]2CCCCO2)C2CC2)c2nccnc21. The average molecular weight is 401 g/mol. The Balaban J connectivity index is 1.59. The van der Waals surface area contributed by atoms with Gasteiger partial charge < -0.3 is 18.9 Å². The van der Waals surface area contributed by atoms with Crippen LogP contribution in [0.15, 0.2) is 18.6 Å². The van der Waals surface area contributed by atoms with Gasteiger partial charge in [0, 0.05) is 57.1 Å². The predicted octanol–water partition coefficient (Wildman–Crippen LogP) is 3.48. The number of aromatic nitrogens is 3. The zero-order valence-electron chi connectivity index (χ0n) is 17.5. The van der Waals surface area contributed by atoms with E-state index in [0.717, 1.165) is 74.8 Å². The molecule has 0 unspecified atom stereocenters. The predicted molar refractivity (Wildman–Crippen MR) is 111 cm³/mol. The molecule has 0 spiro atoms. The lowest BCUT2D eigenvalue weighted by atomic mass is 10.0. The molecule has 1 amide bonds. The van der Waals surface area contributed by atoms with Crippen molar-refractivity contribution in [1.29, 1.82) is 0 Å². The Morgan fingerprint density at radius 2 is 2.10 bits per heavy atom. The number of methoxy groups -OCH3 is 1. The van der Waals surface area contributed by atoms with E-state index in [1.807, 2.05) is 0 Å². The van der Waals surface area contributed by atoms with Gasteiger partial charge >= 0.3 is 0 Å². The molecule has 0 aromatic carbocycles. The highest BCUT2D eigenvalue weighted by molar-refractivity contribution is 5.83. The maximum atomic E-state index is 13.3. The number of amides is 1. The first-order valence-electron chi connectivity index (χ1n) is 10.9. The van der Waals surface area contributed by atoms with E-state index in [2.05, 4.69) is 32.6 Å². The fourth-order valence-corrected chi connectivity index (χ4v) is 4.33. The molecule has 0 bridgehead atoms. The Bertz CT molecular complexity index is 827. The summed E-state index contributed by atoms with van der Waals surface area (Å²) in [5.41, 5.74) is 2.87. The minimum absolute atomic E-state index is 0.0417. The second kappa shape index (κ2) is 9.22. The summed E-state index contributed by atoms with van der Waals surface area (Å²) in [5.74, 6) is 0.143. The van der Waals surface area contributed by atoms with E-state index < -0.39 is 0 Å². The Hall–Kier alpha value is -1.99. The smallest absolute Gasteiger partial charge is 0.252 e. The van der Waals surface area contributed by atoms with E-state index in [4.69, 9.17) is 9.47 Å². The van der Waals surface area contributed by atoms with Gasteiger partial charge in [-0.1, -0.05) is 0 Å². The number of hydrogen-bond acceptors (Lipinski definition) is 5. The molecule has 2 aromatic heterocycles. The van der Waals surface area contributed by atoms with E-state index in [1.165, 1.54) is 0 Å². The van der Waals surface area contributed by atoms with Gasteiger partial charge in [-0.25, -0.2) is 4.98 Å². The Morgan fingerprint density at radius 3 is 2.83 bits per heavy atom. The van der Waals surface area contributed by atoms with Gasteiger partial charge in [0.05, 0.1) is 6.04 Å². The zero-order valence-corrected chi connectivity index (χ0v) is 17.5. The normalized spacial score (nSPS) is 20.7. The number of unbranched alkanes of at least 4 members (excludes halogenated alkanes) is 1. The maximum absolute atomic E-state index is 13.3. The van der Waals surface area contributed by atoms with Crippen molar-refractivity contribution in [2.75, 3.05) is 20.3 Å². The monoisotopic (exact) mass is 400 g/mol. The van der Waals surface area contributed by atoms with Crippen molar-refractivity contribution < 1.29 is 14.3 Å². The molecule has 1 aliphatic heterocycles. The summed E-state index contributed by atoms with van der Waals surface area (Å²) in [6, 6.07) is 0.278. The molecule has 1 saturated heterocycles. The standard InChI is InChI=1S/C22H32N4O3/c1-16(26(17-8-9-17)22(27)19-7-3-5-14-29-19)18-15-25(12-4-6-13-28-2)21-20(18)23-10-11-24-21/h10-11,15-17,19H,3-9,12-14H2,1-2H3/t16-,19-/m1/s1. The van der Waals surface area contributed by atoms with Crippen molar-refractivity contribution >= 4 is 17.1 Å². The second-order valence-electron chi connectivity index (χ2n) is 8.21. The fourth-order valence-electron chi connectivity index (χ4n) is 4.33. The van der Waals surface area contributed by atoms with Crippen molar-refractivity contribution in [2.45, 2.75) is 76.6 Å². The highest BCUT2D eigenvalue weighted by Crippen LogP contribution is 2.38. The molecule has 1 aliphatic carbocycles. The molecule has 29 heavy (non-hydrogen) atoms. The molecule has 158 valence electrons. The van der Waals surface area contributed by atoms with Crippen LogP contribution in [0.25, 0.3) is 11.2 Å². The zero-order chi connectivity index (χ0) is 20.2. The van der Waals surface area contributed by atoms with Crippen LogP contribution in [-0.2, 0) is 20.8 Å². The van der Waals surface area contributed by atoms with E-state index in [-0.39, 0.29) is 18.1 Å². The van der Waals surface area contributed by atoms with E-state index >= 15 is 0 Å². The van der Waals surface area contributed by atoms with Gasteiger partial charge in [0.25, 0.3) is 5.91 Å². The highest BCUT2D eigenvalue weighted by Gasteiger charge is 2.40. The minimum atomic E-state index is -0.291. The number of hydrogen-bond donors (Lipinski definition) is 0. The average Bonchev–Trinajstić information content (AvgIpc) is 3.52. The topological polar surface area (TPSA) is 69.5 Å². The van der Waals surface area contributed by atoms with Gasteiger partial charge in [-0.05, 0) is 51.9 Å². The summed E-state index contributed by atoms with van der Waals surface area (Å²) >= 11 is 0. The molecule has 3 heterocycles. The summed E-state index contributed by atoms with van der Waals surface area (Å²) in [4.78, 5) is 24.6. The first kappa shape index (κ1) is 20.3. The molecule has 1 saturated carbocycles. The van der Waals surface area contributed by atoms with Gasteiger partial charge in [0.1, 0.15) is 11.6 Å². The van der Waals surface area contributed by atoms with Crippen molar-refractivity contribution in [3.63, 3.8) is 0 Å². The molecule has 2 atom stereocenters. The van der Waals surface area contributed by atoms with Gasteiger partial charge in [0.2, 0.25) is 0 Å². The minimum Gasteiger partial charge on any atom is -0.385 e. The lowest BCUT2D eigenvalue weighted by Gasteiger charge is -2.33. The third-order valence-electron chi connectivity index (χ3n) is 6.03.